The van der Waals surface area contributed by atoms with E-state index in [4.69, 9.17) is 0 Å². The van der Waals surface area contributed by atoms with E-state index in [2.05, 4.69) is 4.98 Å². The Morgan fingerprint density at radius 2 is 1.69 bits per heavy atom. The van der Waals surface area contributed by atoms with E-state index >= 15 is 0 Å². The summed E-state index contributed by atoms with van der Waals surface area (Å²) in [5.41, 5.74) is 1.66. The molecule has 3 rings (SSSR count). The van der Waals surface area contributed by atoms with Gasteiger partial charge >= 0.3 is 11.7 Å². The molecule has 0 aliphatic carbocycles. The number of pyridine rings is 1. The van der Waals surface area contributed by atoms with Gasteiger partial charge < -0.3 is 5.11 Å². The quantitative estimate of drug-likeness (QED) is 0.553. The predicted molar refractivity (Wildman–Crippen MR) is 120 cm³/mol. The summed E-state index contributed by atoms with van der Waals surface area (Å²) in [5, 5.41) is 9.27. The van der Waals surface area contributed by atoms with Crippen molar-refractivity contribution in [1.82, 2.24) is 14.1 Å². The molecule has 3 aromatic rings. The fourth-order valence-corrected chi connectivity index (χ4v) is 6.33. The number of hydrogen-bond acceptors (Lipinski definition) is 7. The number of fused-ring (bicyclic) bond motifs is 1. The summed E-state index contributed by atoms with van der Waals surface area (Å²) in [4.78, 5) is 28.7. The molecule has 0 amide bonds. The van der Waals surface area contributed by atoms with E-state index in [0.717, 1.165) is 29.6 Å². The Kier molecular flexibility index (Phi) is 5.59. The second-order valence-electron chi connectivity index (χ2n) is 7.98. The van der Waals surface area contributed by atoms with Gasteiger partial charge in [-0.15, -0.1) is 0 Å². The zero-order valence-electron chi connectivity index (χ0n) is 18.1. The van der Waals surface area contributed by atoms with Gasteiger partial charge in [-0.25, -0.2) is 31.4 Å². The van der Waals surface area contributed by atoms with Crippen LogP contribution in [0.25, 0.3) is 22.4 Å². The summed E-state index contributed by atoms with van der Waals surface area (Å²) in [6.45, 7) is 2.27. The van der Waals surface area contributed by atoms with Crippen LogP contribution in [-0.2, 0) is 33.3 Å². The van der Waals surface area contributed by atoms with Crippen molar-refractivity contribution < 1.29 is 26.7 Å². The van der Waals surface area contributed by atoms with E-state index in [9.17, 15) is 31.5 Å². The van der Waals surface area contributed by atoms with Crippen LogP contribution in [0, 0.1) is 6.92 Å². The molecule has 32 heavy (non-hydrogen) atoms. The summed E-state index contributed by atoms with van der Waals surface area (Å²) in [6, 6.07) is 7.72. The molecule has 1 aromatic carbocycles. The van der Waals surface area contributed by atoms with Gasteiger partial charge in [0.1, 0.15) is 0 Å². The number of hydrogen-bond donors (Lipinski definition) is 1. The molecule has 0 unspecified atom stereocenters. The number of aromatic nitrogens is 3. The highest BCUT2D eigenvalue weighted by atomic mass is 32.3. The lowest BCUT2D eigenvalue weighted by atomic mass is 10.0. The molecule has 0 atom stereocenters. The molecule has 0 aliphatic rings. The lowest BCUT2D eigenvalue weighted by Crippen LogP contribution is -2.47. The molecule has 2 heterocycles. The number of benzene rings is 1. The van der Waals surface area contributed by atoms with Crippen LogP contribution in [0.15, 0.2) is 35.1 Å². The van der Waals surface area contributed by atoms with Crippen LogP contribution >= 0.6 is 0 Å². The Balaban J connectivity index is 2.25. The van der Waals surface area contributed by atoms with Crippen molar-refractivity contribution in [1.29, 1.82) is 0 Å². The zero-order chi connectivity index (χ0) is 24.2. The average molecular weight is 482 g/mol. The number of aromatic carboxylic acids is 1. The Hall–Kier alpha value is -2.99. The zero-order valence-corrected chi connectivity index (χ0v) is 19.8. The van der Waals surface area contributed by atoms with Gasteiger partial charge in [-0.2, -0.15) is 0 Å². The first-order chi connectivity index (χ1) is 14.6. The van der Waals surface area contributed by atoms with E-state index in [1.165, 1.54) is 29.8 Å². The molecule has 0 radical (unpaired) electrons. The SMILES string of the molecule is Cc1ccc(C(=O)O)cc1-c1ccc2c(n1)n(C)c(=O)n2CC(C)(S(C)(=O)=O)S(C)(=O)=O. The van der Waals surface area contributed by atoms with Crippen molar-refractivity contribution in [2.75, 3.05) is 12.5 Å². The minimum absolute atomic E-state index is 0.0797. The maximum atomic E-state index is 12.9. The van der Waals surface area contributed by atoms with Crippen molar-refractivity contribution in [3.63, 3.8) is 0 Å². The number of sulfone groups is 2. The van der Waals surface area contributed by atoms with Crippen molar-refractivity contribution in [3.8, 4) is 11.3 Å². The van der Waals surface area contributed by atoms with Gasteiger partial charge in [-0.1, -0.05) is 6.07 Å². The van der Waals surface area contributed by atoms with Crippen LogP contribution < -0.4 is 5.69 Å². The number of nitrogens with zero attached hydrogens (tertiary/aromatic N) is 3. The van der Waals surface area contributed by atoms with E-state index in [1.54, 1.807) is 19.1 Å². The van der Waals surface area contributed by atoms with Gasteiger partial charge in [0.15, 0.2) is 29.4 Å². The van der Waals surface area contributed by atoms with Gasteiger partial charge in [0.25, 0.3) is 0 Å². The predicted octanol–water partition coefficient (Wildman–Crippen LogP) is 1.21. The third-order valence-electron chi connectivity index (χ3n) is 5.76. The third kappa shape index (κ3) is 3.73. The van der Waals surface area contributed by atoms with Crippen LogP contribution in [-0.4, -0.2) is 58.6 Å². The van der Waals surface area contributed by atoms with Crippen LogP contribution in [0.5, 0.6) is 0 Å². The second-order valence-corrected chi connectivity index (χ2v) is 13.1. The molecular formula is C20H23N3O7S2. The highest BCUT2D eigenvalue weighted by Crippen LogP contribution is 2.28. The first-order valence-corrected chi connectivity index (χ1v) is 13.2. The van der Waals surface area contributed by atoms with Crippen LogP contribution in [0.2, 0.25) is 0 Å². The Morgan fingerprint density at radius 3 is 2.22 bits per heavy atom. The third-order valence-corrected chi connectivity index (χ3v) is 11.0. The van der Waals surface area contributed by atoms with Gasteiger partial charge in [-0.05, 0) is 43.7 Å². The topological polar surface area (TPSA) is 145 Å². The summed E-state index contributed by atoms with van der Waals surface area (Å²) in [6.07, 6.45) is 1.64. The highest BCUT2D eigenvalue weighted by Gasteiger charge is 2.47. The molecule has 0 fully saturated rings. The number of imidazole rings is 1. The largest absolute Gasteiger partial charge is 0.478 e. The molecule has 0 spiro atoms. The normalized spacial score (nSPS) is 12.9. The summed E-state index contributed by atoms with van der Waals surface area (Å²) >= 11 is 0. The molecule has 0 aliphatic heterocycles. The van der Waals surface area contributed by atoms with Gasteiger partial charge in [-0.3, -0.25) is 9.13 Å². The van der Waals surface area contributed by atoms with Crippen molar-refractivity contribution >= 4 is 36.8 Å². The molecule has 0 bridgehead atoms. The molecular weight excluding hydrogens is 458 g/mol. The molecule has 12 heteroatoms. The van der Waals surface area contributed by atoms with E-state index in [1.807, 2.05) is 0 Å². The summed E-state index contributed by atoms with van der Waals surface area (Å²) in [7, 11) is -6.76. The van der Waals surface area contributed by atoms with Crippen LogP contribution in [0.1, 0.15) is 22.8 Å². The molecule has 0 saturated heterocycles. The van der Waals surface area contributed by atoms with E-state index < -0.39 is 42.0 Å². The lowest BCUT2D eigenvalue weighted by molar-refractivity contribution is 0.0697. The second kappa shape index (κ2) is 7.55. The average Bonchev–Trinajstić information content (AvgIpc) is 2.90. The first-order valence-electron chi connectivity index (χ1n) is 9.38. The minimum atomic E-state index is -4.10. The molecule has 10 nitrogen and oxygen atoms in total. The van der Waals surface area contributed by atoms with Gasteiger partial charge in [0.2, 0.25) is 0 Å². The number of carbonyl (C=O) groups is 1. The fraction of sp³-hybridized carbons (Fsp3) is 0.350. The number of carboxylic acid groups (broad SMARTS) is 1. The lowest BCUT2D eigenvalue weighted by Gasteiger charge is -2.25. The molecule has 172 valence electrons. The van der Waals surface area contributed by atoms with E-state index in [-0.39, 0.29) is 16.7 Å². The standard InChI is InChI=1S/C20H23N3O7S2/c1-12-6-7-13(18(24)25)10-14(12)15-8-9-16-17(21-15)22(3)19(26)23(16)11-20(2,31(4,27)28)32(5,29)30/h6-10H,11H2,1-5H3,(H,24,25). The first kappa shape index (κ1) is 23.7. The summed E-state index contributed by atoms with van der Waals surface area (Å²) in [5.74, 6) is -1.09. The Morgan fingerprint density at radius 1 is 1.09 bits per heavy atom. The highest BCUT2D eigenvalue weighted by molar-refractivity contribution is 8.09. The molecule has 0 saturated carbocycles. The monoisotopic (exact) mass is 481 g/mol. The van der Waals surface area contributed by atoms with Gasteiger partial charge in [0.05, 0.1) is 23.3 Å². The maximum Gasteiger partial charge on any atom is 0.335 e. The van der Waals surface area contributed by atoms with Crippen LogP contribution in [0.4, 0.5) is 0 Å². The Labute approximate surface area is 185 Å². The fourth-order valence-electron chi connectivity index (χ4n) is 3.40. The smallest absolute Gasteiger partial charge is 0.335 e. The van der Waals surface area contributed by atoms with Crippen molar-refractivity contribution in [2.45, 2.75) is 24.5 Å². The molecule has 1 N–H and O–H groups in total. The van der Waals surface area contributed by atoms with Crippen LogP contribution in [0.3, 0.4) is 0 Å². The maximum absolute atomic E-state index is 12.9. The van der Waals surface area contributed by atoms with Gasteiger partial charge in [0, 0.05) is 25.1 Å². The number of aryl methyl sites for hydroxylation is 2. The van der Waals surface area contributed by atoms with E-state index in [0.29, 0.717) is 11.3 Å². The summed E-state index contributed by atoms with van der Waals surface area (Å²) < 4.78 is 49.5. The minimum Gasteiger partial charge on any atom is -0.478 e. The number of rotatable bonds is 6. The van der Waals surface area contributed by atoms with Crippen molar-refractivity contribution in [3.05, 3.63) is 51.9 Å². The Bertz CT molecular complexity index is 1500. The number of carboxylic acids is 1. The van der Waals surface area contributed by atoms with Crippen molar-refractivity contribution in [2.24, 2.45) is 7.05 Å². The molecule has 2 aromatic heterocycles.